The van der Waals surface area contributed by atoms with Crippen LogP contribution in [-0.2, 0) is 11.3 Å². The molecular weight excluding hydrogens is 407 g/mol. The average molecular weight is 439 g/mol. The van der Waals surface area contributed by atoms with Crippen LogP contribution in [0.3, 0.4) is 0 Å². The molecule has 0 aliphatic carbocycles. The Balaban J connectivity index is 1.23. The zero-order valence-corrected chi connectivity index (χ0v) is 18.6. The molecule has 1 N–H and O–H groups in total. The smallest absolute Gasteiger partial charge is 0.238 e. The van der Waals surface area contributed by atoms with Crippen molar-refractivity contribution in [3.8, 4) is 0 Å². The van der Waals surface area contributed by atoms with Crippen molar-refractivity contribution < 1.29 is 14.0 Å². The highest BCUT2D eigenvalue weighted by Gasteiger charge is 2.21. The lowest BCUT2D eigenvalue weighted by Crippen LogP contribution is -2.48. The number of anilines is 2. The number of carbonyl (C=O) groups excluding carboxylic acids is 2. The minimum Gasteiger partial charge on any atom is -0.367 e. The third-order valence-corrected chi connectivity index (χ3v) is 6.28. The summed E-state index contributed by atoms with van der Waals surface area (Å²) in [6.45, 7) is 7.67. The van der Waals surface area contributed by atoms with Crippen LogP contribution in [-0.4, -0.2) is 67.3 Å². The zero-order chi connectivity index (χ0) is 22.5. The predicted octanol–water partition coefficient (Wildman–Crippen LogP) is 3.38. The lowest BCUT2D eigenvalue weighted by Gasteiger charge is -2.35. The van der Waals surface area contributed by atoms with Gasteiger partial charge in [0.05, 0.1) is 12.2 Å². The number of rotatable bonds is 7. The number of halogens is 1. The highest BCUT2D eigenvalue weighted by molar-refractivity contribution is 5.94. The SMILES string of the molecule is CC(=O)c1ccc(N2CCN(CC(=O)Nc3ccc(CN4CCCC4)cc3)CC2)c(F)c1. The van der Waals surface area contributed by atoms with Gasteiger partial charge in [0.25, 0.3) is 0 Å². The molecule has 2 aromatic rings. The van der Waals surface area contributed by atoms with E-state index in [1.54, 1.807) is 12.1 Å². The number of piperazine rings is 1. The van der Waals surface area contributed by atoms with Gasteiger partial charge in [0.15, 0.2) is 5.78 Å². The Morgan fingerprint density at radius 1 is 0.906 bits per heavy atom. The Bertz CT molecular complexity index is 949. The molecule has 0 unspecified atom stereocenters. The fourth-order valence-corrected chi connectivity index (χ4v) is 4.43. The fourth-order valence-electron chi connectivity index (χ4n) is 4.43. The molecule has 0 bridgehead atoms. The number of hydrogen-bond acceptors (Lipinski definition) is 5. The molecule has 1 amide bonds. The van der Waals surface area contributed by atoms with E-state index in [0.717, 1.165) is 12.2 Å². The molecule has 170 valence electrons. The van der Waals surface area contributed by atoms with E-state index in [-0.39, 0.29) is 17.5 Å². The minimum atomic E-state index is -0.378. The zero-order valence-electron chi connectivity index (χ0n) is 18.6. The summed E-state index contributed by atoms with van der Waals surface area (Å²) < 4.78 is 14.4. The van der Waals surface area contributed by atoms with Crippen LogP contribution >= 0.6 is 0 Å². The van der Waals surface area contributed by atoms with Gasteiger partial charge in [-0.05, 0) is 68.8 Å². The number of hydrogen-bond donors (Lipinski definition) is 1. The van der Waals surface area contributed by atoms with Crippen LogP contribution < -0.4 is 10.2 Å². The van der Waals surface area contributed by atoms with Gasteiger partial charge in [0.2, 0.25) is 5.91 Å². The lowest BCUT2D eigenvalue weighted by molar-refractivity contribution is -0.117. The van der Waals surface area contributed by atoms with Crippen molar-refractivity contribution in [3.63, 3.8) is 0 Å². The molecule has 2 fully saturated rings. The summed E-state index contributed by atoms with van der Waals surface area (Å²) in [5.41, 5.74) is 2.97. The molecule has 2 aliphatic heterocycles. The first-order valence-electron chi connectivity index (χ1n) is 11.4. The van der Waals surface area contributed by atoms with Crippen LogP contribution in [0.15, 0.2) is 42.5 Å². The number of carbonyl (C=O) groups is 2. The number of nitrogens with one attached hydrogen (secondary N) is 1. The van der Waals surface area contributed by atoms with Gasteiger partial charge >= 0.3 is 0 Å². The molecule has 0 saturated carbocycles. The molecule has 7 heteroatoms. The monoisotopic (exact) mass is 438 g/mol. The molecule has 6 nitrogen and oxygen atoms in total. The first kappa shape index (κ1) is 22.4. The highest BCUT2D eigenvalue weighted by atomic mass is 19.1. The number of Topliss-reactive ketones (excluding diaryl/α,β-unsaturated/α-hetero) is 1. The van der Waals surface area contributed by atoms with E-state index in [4.69, 9.17) is 0 Å². The maximum Gasteiger partial charge on any atom is 0.238 e. The van der Waals surface area contributed by atoms with E-state index >= 15 is 0 Å². The van der Waals surface area contributed by atoms with Crippen molar-refractivity contribution >= 4 is 23.1 Å². The molecule has 2 saturated heterocycles. The fraction of sp³-hybridized carbons (Fsp3) is 0.440. The van der Waals surface area contributed by atoms with Gasteiger partial charge in [0, 0.05) is 44.0 Å². The summed E-state index contributed by atoms with van der Waals surface area (Å²) in [5.74, 6) is -0.563. The van der Waals surface area contributed by atoms with Crippen molar-refractivity contribution in [2.75, 3.05) is 56.0 Å². The van der Waals surface area contributed by atoms with Crippen molar-refractivity contribution in [2.45, 2.75) is 26.3 Å². The van der Waals surface area contributed by atoms with Crippen molar-refractivity contribution in [2.24, 2.45) is 0 Å². The van der Waals surface area contributed by atoms with Crippen LogP contribution in [0.4, 0.5) is 15.8 Å². The van der Waals surface area contributed by atoms with Crippen LogP contribution in [0.1, 0.15) is 35.7 Å². The molecule has 2 aliphatic rings. The van der Waals surface area contributed by atoms with Gasteiger partial charge in [0.1, 0.15) is 5.82 Å². The second kappa shape index (κ2) is 10.2. The summed E-state index contributed by atoms with van der Waals surface area (Å²) in [5, 5.41) is 2.98. The molecule has 2 heterocycles. The highest BCUT2D eigenvalue weighted by Crippen LogP contribution is 2.22. The topological polar surface area (TPSA) is 55.9 Å². The molecule has 0 radical (unpaired) electrons. The molecule has 0 atom stereocenters. The van der Waals surface area contributed by atoms with Gasteiger partial charge in [-0.2, -0.15) is 0 Å². The second-order valence-electron chi connectivity index (χ2n) is 8.71. The third-order valence-electron chi connectivity index (χ3n) is 6.28. The largest absolute Gasteiger partial charge is 0.367 e. The lowest BCUT2D eigenvalue weighted by atomic mass is 10.1. The van der Waals surface area contributed by atoms with Crippen molar-refractivity contribution in [1.82, 2.24) is 9.80 Å². The minimum absolute atomic E-state index is 0.0391. The quantitative estimate of drug-likeness (QED) is 0.672. The first-order chi connectivity index (χ1) is 15.5. The van der Waals surface area contributed by atoms with Crippen molar-refractivity contribution in [3.05, 3.63) is 59.4 Å². The summed E-state index contributed by atoms with van der Waals surface area (Å²) in [6, 6.07) is 12.7. The molecule has 4 rings (SSSR count). The maximum absolute atomic E-state index is 14.4. The van der Waals surface area contributed by atoms with Crippen LogP contribution in [0, 0.1) is 5.82 Å². The molecule has 0 spiro atoms. The summed E-state index contributed by atoms with van der Waals surface area (Å²) >= 11 is 0. The number of benzene rings is 2. The van der Waals surface area contributed by atoms with Crippen LogP contribution in [0.2, 0.25) is 0 Å². The number of amides is 1. The van der Waals surface area contributed by atoms with Crippen molar-refractivity contribution in [1.29, 1.82) is 0 Å². The standard InChI is InChI=1S/C25H31FN4O2/c1-19(31)21-6-9-24(23(26)16-21)30-14-12-29(13-15-30)18-25(32)27-22-7-4-20(5-8-22)17-28-10-2-3-11-28/h4-9,16H,2-3,10-15,17-18H2,1H3,(H,27,32). The first-order valence-corrected chi connectivity index (χ1v) is 11.4. The number of likely N-dealkylation sites (tertiary alicyclic amines) is 1. The predicted molar refractivity (Wildman–Crippen MR) is 125 cm³/mol. The van der Waals surface area contributed by atoms with E-state index in [0.29, 0.717) is 44.0 Å². The van der Waals surface area contributed by atoms with E-state index < -0.39 is 0 Å². The van der Waals surface area contributed by atoms with E-state index in [1.807, 2.05) is 17.0 Å². The van der Waals surface area contributed by atoms with Gasteiger partial charge in [-0.3, -0.25) is 19.4 Å². The Kier molecular flexibility index (Phi) is 7.17. The van der Waals surface area contributed by atoms with Crippen LogP contribution in [0.25, 0.3) is 0 Å². The Morgan fingerprint density at radius 3 is 2.22 bits per heavy atom. The molecule has 2 aromatic carbocycles. The molecule has 32 heavy (non-hydrogen) atoms. The Labute approximate surface area is 189 Å². The third kappa shape index (κ3) is 5.72. The second-order valence-corrected chi connectivity index (χ2v) is 8.71. The number of nitrogens with zero attached hydrogens (tertiary/aromatic N) is 3. The normalized spacial score (nSPS) is 17.5. The Hall–Kier alpha value is -2.77. The summed E-state index contributed by atoms with van der Waals surface area (Å²) in [7, 11) is 0. The molecular formula is C25H31FN4O2. The van der Waals surface area contributed by atoms with Gasteiger partial charge in [-0.25, -0.2) is 4.39 Å². The van der Waals surface area contributed by atoms with Gasteiger partial charge in [-0.1, -0.05) is 12.1 Å². The number of ketones is 1. The molecule has 0 aromatic heterocycles. The average Bonchev–Trinajstić information content (AvgIpc) is 3.29. The summed E-state index contributed by atoms with van der Waals surface area (Å²) in [6.07, 6.45) is 2.56. The van der Waals surface area contributed by atoms with Crippen LogP contribution in [0.5, 0.6) is 0 Å². The maximum atomic E-state index is 14.4. The Morgan fingerprint density at radius 2 is 1.59 bits per heavy atom. The van der Waals surface area contributed by atoms with E-state index in [1.165, 1.54) is 44.5 Å². The van der Waals surface area contributed by atoms with Gasteiger partial charge < -0.3 is 10.2 Å². The van der Waals surface area contributed by atoms with E-state index in [2.05, 4.69) is 27.2 Å². The summed E-state index contributed by atoms with van der Waals surface area (Å²) in [4.78, 5) is 30.4. The van der Waals surface area contributed by atoms with E-state index in [9.17, 15) is 14.0 Å². The van der Waals surface area contributed by atoms with Gasteiger partial charge in [-0.15, -0.1) is 0 Å².